The lowest BCUT2D eigenvalue weighted by molar-refractivity contribution is -0.147. The second-order valence-electron chi connectivity index (χ2n) is 7.34. The van der Waals surface area contributed by atoms with Gasteiger partial charge in [-0.1, -0.05) is 18.2 Å². The zero-order valence-electron chi connectivity index (χ0n) is 16.5. The van der Waals surface area contributed by atoms with Crippen molar-refractivity contribution in [3.05, 3.63) is 29.8 Å². The summed E-state index contributed by atoms with van der Waals surface area (Å²) in [5.74, 6) is 4.20. The molecule has 6 heteroatoms. The molecule has 1 amide bonds. The van der Waals surface area contributed by atoms with Gasteiger partial charge >= 0.3 is 12.1 Å². The monoisotopic (exact) mass is 385 g/mol. The summed E-state index contributed by atoms with van der Waals surface area (Å²) in [4.78, 5) is 24.7. The van der Waals surface area contributed by atoms with E-state index in [0.717, 1.165) is 0 Å². The van der Waals surface area contributed by atoms with E-state index >= 15 is 0 Å². The van der Waals surface area contributed by atoms with Gasteiger partial charge in [-0.3, -0.25) is 0 Å². The fourth-order valence-electron chi connectivity index (χ4n) is 2.37. The van der Waals surface area contributed by atoms with Crippen LogP contribution in [-0.4, -0.2) is 35.4 Å². The largest absolute Gasteiger partial charge is 0.508 e. The number of hydrogen-bond acceptors (Lipinski definition) is 5. The van der Waals surface area contributed by atoms with E-state index in [1.165, 1.54) is 6.07 Å². The standard InChI is InChI=1S/C22H27NO5/c1-6-10-16(11-7-2)15-27-20(25)18(23-21(26)28-22(3,4)5)14-17-12-8-9-13-19(17)24/h1-2,8-9,12-13,16,18,24H,10-11,14-15H2,3-5H3,(H,23,26)/t18-/m0/s1. The Morgan fingerprint density at radius 3 is 2.32 bits per heavy atom. The molecule has 0 saturated carbocycles. The number of ether oxygens (including phenoxy) is 2. The molecule has 0 aromatic heterocycles. The van der Waals surface area contributed by atoms with E-state index in [0.29, 0.717) is 18.4 Å². The minimum Gasteiger partial charge on any atom is -0.508 e. The lowest BCUT2D eigenvalue weighted by Crippen LogP contribution is -2.45. The minimum absolute atomic E-state index is 0.0174. The number of phenolic OH excluding ortho intramolecular Hbond substituents is 1. The number of rotatable bonds is 8. The zero-order chi connectivity index (χ0) is 21.2. The van der Waals surface area contributed by atoms with Gasteiger partial charge in [-0.05, 0) is 32.4 Å². The van der Waals surface area contributed by atoms with Gasteiger partial charge in [0.25, 0.3) is 0 Å². The van der Waals surface area contributed by atoms with Crippen molar-refractivity contribution in [1.29, 1.82) is 0 Å². The van der Waals surface area contributed by atoms with Crippen molar-refractivity contribution >= 4 is 12.1 Å². The van der Waals surface area contributed by atoms with Gasteiger partial charge in [0, 0.05) is 25.2 Å². The molecule has 0 aliphatic rings. The Morgan fingerprint density at radius 2 is 1.79 bits per heavy atom. The zero-order valence-corrected chi connectivity index (χ0v) is 16.5. The molecular formula is C22H27NO5. The molecule has 6 nitrogen and oxygen atoms in total. The van der Waals surface area contributed by atoms with Gasteiger partial charge in [0.2, 0.25) is 0 Å². The summed E-state index contributed by atoms with van der Waals surface area (Å²) in [6.07, 6.45) is 10.7. The number of hydrogen-bond donors (Lipinski definition) is 2. The minimum atomic E-state index is -1.04. The molecule has 0 unspecified atom stereocenters. The molecule has 1 aromatic carbocycles. The Hall–Kier alpha value is -3.12. The molecule has 1 rings (SSSR count). The van der Waals surface area contributed by atoms with Crippen molar-refractivity contribution in [1.82, 2.24) is 5.32 Å². The van der Waals surface area contributed by atoms with Crippen LogP contribution in [0.3, 0.4) is 0 Å². The molecule has 1 aromatic rings. The molecule has 0 aliphatic carbocycles. The van der Waals surface area contributed by atoms with Crippen LogP contribution in [0.1, 0.15) is 39.2 Å². The van der Waals surface area contributed by atoms with E-state index in [2.05, 4.69) is 17.2 Å². The fourth-order valence-corrected chi connectivity index (χ4v) is 2.37. The lowest BCUT2D eigenvalue weighted by atomic mass is 10.0. The van der Waals surface area contributed by atoms with Crippen molar-refractivity contribution in [2.24, 2.45) is 5.92 Å². The highest BCUT2D eigenvalue weighted by molar-refractivity contribution is 5.82. The highest BCUT2D eigenvalue weighted by Crippen LogP contribution is 2.19. The second-order valence-corrected chi connectivity index (χ2v) is 7.34. The number of phenols is 1. The van der Waals surface area contributed by atoms with Crippen molar-refractivity contribution < 1.29 is 24.2 Å². The summed E-state index contributed by atoms with van der Waals surface area (Å²) in [6.45, 7) is 5.19. The van der Waals surface area contributed by atoms with Crippen LogP contribution in [0.2, 0.25) is 0 Å². The molecule has 0 bridgehead atoms. The molecular weight excluding hydrogens is 358 g/mol. The van der Waals surface area contributed by atoms with Crippen LogP contribution in [0.5, 0.6) is 5.75 Å². The van der Waals surface area contributed by atoms with Gasteiger partial charge < -0.3 is 19.9 Å². The van der Waals surface area contributed by atoms with Crippen LogP contribution in [-0.2, 0) is 20.7 Å². The van der Waals surface area contributed by atoms with Gasteiger partial charge in [0.05, 0.1) is 6.61 Å². The molecule has 0 radical (unpaired) electrons. The first-order valence-electron chi connectivity index (χ1n) is 8.96. The molecule has 0 saturated heterocycles. The Kier molecular flexibility index (Phi) is 8.91. The summed E-state index contributed by atoms with van der Waals surface area (Å²) < 4.78 is 10.5. The third-order valence-electron chi connectivity index (χ3n) is 3.67. The van der Waals surface area contributed by atoms with Crippen molar-refractivity contribution in [3.63, 3.8) is 0 Å². The smallest absolute Gasteiger partial charge is 0.408 e. The average molecular weight is 385 g/mol. The fraction of sp³-hybridized carbons (Fsp3) is 0.455. The van der Waals surface area contributed by atoms with E-state index in [1.54, 1.807) is 39.0 Å². The summed E-state index contributed by atoms with van der Waals surface area (Å²) in [5.41, 5.74) is -0.234. The highest BCUT2D eigenvalue weighted by Gasteiger charge is 2.27. The molecule has 28 heavy (non-hydrogen) atoms. The van der Waals surface area contributed by atoms with E-state index in [-0.39, 0.29) is 24.7 Å². The predicted octanol–water partition coefficient (Wildman–Crippen LogP) is 3.03. The number of benzene rings is 1. The summed E-state index contributed by atoms with van der Waals surface area (Å²) in [6, 6.07) is 5.51. The highest BCUT2D eigenvalue weighted by atomic mass is 16.6. The van der Waals surface area contributed by atoms with Crippen LogP contribution in [0.4, 0.5) is 4.79 Å². The normalized spacial score (nSPS) is 11.8. The van der Waals surface area contributed by atoms with Crippen LogP contribution < -0.4 is 5.32 Å². The predicted molar refractivity (Wildman–Crippen MR) is 106 cm³/mol. The van der Waals surface area contributed by atoms with Crippen molar-refractivity contribution in [2.75, 3.05) is 6.61 Å². The molecule has 150 valence electrons. The molecule has 0 aliphatic heterocycles. The van der Waals surface area contributed by atoms with Gasteiger partial charge in [-0.15, -0.1) is 24.7 Å². The molecule has 0 fully saturated rings. The number of nitrogens with one attached hydrogen (secondary N) is 1. The maximum atomic E-state index is 12.6. The number of terminal acetylenes is 2. The lowest BCUT2D eigenvalue weighted by Gasteiger charge is -2.23. The SMILES string of the molecule is C#CCC(CC#C)COC(=O)[C@H](Cc1ccccc1O)NC(=O)OC(C)(C)C. The Balaban J connectivity index is 2.88. The number of alkyl carbamates (subject to hydrolysis) is 1. The van der Waals surface area contributed by atoms with Gasteiger partial charge in [0.1, 0.15) is 17.4 Å². The number of esters is 1. The third-order valence-corrected chi connectivity index (χ3v) is 3.67. The number of amides is 1. The first-order chi connectivity index (χ1) is 13.2. The number of carbonyl (C=O) groups excluding carboxylic acids is 2. The van der Waals surface area contributed by atoms with E-state index in [9.17, 15) is 14.7 Å². The van der Waals surface area contributed by atoms with Crippen LogP contribution in [0.25, 0.3) is 0 Å². The van der Waals surface area contributed by atoms with E-state index in [1.807, 2.05) is 0 Å². The molecule has 1 atom stereocenters. The first kappa shape index (κ1) is 22.9. The summed E-state index contributed by atoms with van der Waals surface area (Å²) >= 11 is 0. The van der Waals surface area contributed by atoms with Crippen LogP contribution in [0.15, 0.2) is 24.3 Å². The molecule has 2 N–H and O–H groups in total. The topological polar surface area (TPSA) is 84.9 Å². The van der Waals surface area contributed by atoms with Crippen molar-refractivity contribution in [3.8, 4) is 30.4 Å². The number of carbonyl (C=O) groups is 2. The van der Waals surface area contributed by atoms with Gasteiger partial charge in [-0.25, -0.2) is 9.59 Å². The summed E-state index contributed by atoms with van der Waals surface area (Å²) in [5, 5.41) is 12.5. The van der Waals surface area contributed by atoms with Gasteiger partial charge in [-0.2, -0.15) is 0 Å². The van der Waals surface area contributed by atoms with Crippen LogP contribution in [0, 0.1) is 30.6 Å². The third kappa shape index (κ3) is 8.51. The Bertz CT molecular complexity index is 735. The van der Waals surface area contributed by atoms with Gasteiger partial charge in [0.15, 0.2) is 0 Å². The van der Waals surface area contributed by atoms with Crippen molar-refractivity contribution in [2.45, 2.75) is 51.7 Å². The summed E-state index contributed by atoms with van der Waals surface area (Å²) in [7, 11) is 0. The van der Waals surface area contributed by atoms with E-state index in [4.69, 9.17) is 22.3 Å². The number of aromatic hydroxyl groups is 1. The maximum absolute atomic E-state index is 12.6. The molecule has 0 heterocycles. The maximum Gasteiger partial charge on any atom is 0.408 e. The Labute approximate surface area is 166 Å². The van der Waals surface area contributed by atoms with Crippen LogP contribution >= 0.6 is 0 Å². The Morgan fingerprint density at radius 1 is 1.18 bits per heavy atom. The molecule has 0 spiro atoms. The average Bonchev–Trinajstić information content (AvgIpc) is 2.59. The number of para-hydroxylation sites is 1. The quantitative estimate of drug-likeness (QED) is 0.531. The van der Waals surface area contributed by atoms with E-state index < -0.39 is 23.7 Å². The first-order valence-corrected chi connectivity index (χ1v) is 8.96. The second kappa shape index (κ2) is 10.9.